The van der Waals surface area contributed by atoms with Crippen molar-refractivity contribution in [3.05, 3.63) is 83.7 Å². The van der Waals surface area contributed by atoms with E-state index in [1.54, 1.807) is 7.11 Å². The first-order valence-corrected chi connectivity index (χ1v) is 8.44. The van der Waals surface area contributed by atoms with Crippen molar-refractivity contribution in [1.29, 1.82) is 0 Å². The van der Waals surface area contributed by atoms with Gasteiger partial charge in [-0.1, -0.05) is 36.1 Å². The second-order valence-electron chi connectivity index (χ2n) is 6.12. The van der Waals surface area contributed by atoms with E-state index in [9.17, 15) is 0 Å². The third-order valence-corrected chi connectivity index (χ3v) is 4.37. The van der Waals surface area contributed by atoms with Crippen molar-refractivity contribution < 1.29 is 4.74 Å². The molecule has 0 amide bonds. The van der Waals surface area contributed by atoms with Crippen molar-refractivity contribution in [1.82, 2.24) is 9.97 Å². The minimum atomic E-state index is 0.844. The summed E-state index contributed by atoms with van der Waals surface area (Å²) in [6.45, 7) is 2.04. The van der Waals surface area contributed by atoms with E-state index in [2.05, 4.69) is 40.0 Å². The zero-order valence-electron chi connectivity index (χ0n) is 14.7. The molecule has 2 heterocycles. The molecule has 0 aliphatic rings. The monoisotopic (exact) mass is 338 g/mol. The van der Waals surface area contributed by atoms with Crippen LogP contribution in [0.5, 0.6) is 5.75 Å². The lowest BCUT2D eigenvalue weighted by atomic mass is 10.0. The molecule has 3 nitrogen and oxygen atoms in total. The maximum Gasteiger partial charge on any atom is 0.138 e. The number of benzene rings is 2. The number of H-pyrrole nitrogens is 1. The first-order chi connectivity index (χ1) is 12.7. The average molecular weight is 338 g/mol. The minimum absolute atomic E-state index is 0.844. The fourth-order valence-corrected chi connectivity index (χ4v) is 2.98. The van der Waals surface area contributed by atoms with Gasteiger partial charge in [0.2, 0.25) is 0 Å². The van der Waals surface area contributed by atoms with E-state index >= 15 is 0 Å². The number of methoxy groups -OCH3 is 1. The van der Waals surface area contributed by atoms with Crippen LogP contribution in [0.1, 0.15) is 16.7 Å². The average Bonchev–Trinajstić information content (AvgIpc) is 3.09. The Morgan fingerprint density at radius 3 is 2.58 bits per heavy atom. The lowest BCUT2D eigenvalue weighted by Crippen LogP contribution is -1.88. The summed E-state index contributed by atoms with van der Waals surface area (Å²) in [7, 11) is 1.69. The molecule has 0 aliphatic carbocycles. The topological polar surface area (TPSA) is 37.9 Å². The van der Waals surface area contributed by atoms with Crippen LogP contribution >= 0.6 is 0 Å². The second kappa shape index (κ2) is 6.78. The largest absolute Gasteiger partial charge is 0.496 e. The van der Waals surface area contributed by atoms with Crippen LogP contribution in [-0.2, 0) is 0 Å². The van der Waals surface area contributed by atoms with Crippen molar-refractivity contribution in [2.24, 2.45) is 0 Å². The summed E-state index contributed by atoms with van der Waals surface area (Å²) in [6, 6.07) is 18.3. The van der Waals surface area contributed by atoms with Gasteiger partial charge >= 0.3 is 0 Å². The summed E-state index contributed by atoms with van der Waals surface area (Å²) in [4.78, 5) is 7.75. The number of hydrogen-bond donors (Lipinski definition) is 1. The predicted octanol–water partition coefficient (Wildman–Crippen LogP) is 4.95. The Labute approximate surface area is 152 Å². The summed E-state index contributed by atoms with van der Waals surface area (Å²) in [5, 5.41) is 1.03. The van der Waals surface area contributed by atoms with Gasteiger partial charge in [-0.15, -0.1) is 0 Å². The van der Waals surface area contributed by atoms with Gasteiger partial charge in [-0.25, -0.2) is 4.98 Å². The summed E-state index contributed by atoms with van der Waals surface area (Å²) in [6.07, 6.45) is 3.80. The molecular formula is C23H18N2O. The Morgan fingerprint density at radius 2 is 1.81 bits per heavy atom. The number of hydrogen-bond acceptors (Lipinski definition) is 2. The molecule has 0 saturated carbocycles. The van der Waals surface area contributed by atoms with E-state index < -0.39 is 0 Å². The van der Waals surface area contributed by atoms with Gasteiger partial charge in [-0.3, -0.25) is 0 Å². The molecule has 4 aromatic rings. The van der Waals surface area contributed by atoms with Crippen molar-refractivity contribution in [3.8, 4) is 28.7 Å². The Hall–Kier alpha value is -3.51. The maximum absolute atomic E-state index is 5.35. The molecule has 126 valence electrons. The number of fused-ring (bicyclic) bond motifs is 1. The molecule has 0 bridgehead atoms. The molecule has 1 N–H and O–H groups in total. The van der Waals surface area contributed by atoms with Crippen LogP contribution in [0.2, 0.25) is 0 Å². The quantitative estimate of drug-likeness (QED) is 0.525. The number of pyridine rings is 1. The minimum Gasteiger partial charge on any atom is -0.496 e. The molecule has 0 saturated heterocycles. The zero-order valence-corrected chi connectivity index (χ0v) is 14.7. The number of aryl methyl sites for hydroxylation is 1. The van der Waals surface area contributed by atoms with Gasteiger partial charge in [0.05, 0.1) is 12.7 Å². The number of ether oxygens (including phenoxy) is 1. The fraction of sp³-hybridized carbons (Fsp3) is 0.0870. The number of rotatable bonds is 2. The fourth-order valence-electron chi connectivity index (χ4n) is 2.98. The van der Waals surface area contributed by atoms with Crippen LogP contribution in [0.3, 0.4) is 0 Å². The van der Waals surface area contributed by atoms with Crippen molar-refractivity contribution in [3.63, 3.8) is 0 Å². The van der Waals surface area contributed by atoms with E-state index in [0.29, 0.717) is 0 Å². The lowest BCUT2D eigenvalue weighted by molar-refractivity contribution is 0.412. The number of aromatic nitrogens is 2. The Morgan fingerprint density at radius 1 is 0.962 bits per heavy atom. The van der Waals surface area contributed by atoms with Crippen LogP contribution in [0, 0.1) is 18.8 Å². The predicted molar refractivity (Wildman–Crippen MR) is 105 cm³/mol. The maximum atomic E-state index is 5.35. The van der Waals surface area contributed by atoms with Gasteiger partial charge in [0, 0.05) is 28.9 Å². The summed E-state index contributed by atoms with van der Waals surface area (Å²) >= 11 is 0. The Kier molecular flexibility index (Phi) is 4.17. The number of nitrogens with zero attached hydrogens (tertiary/aromatic N) is 1. The Bertz CT molecular complexity index is 1130. The standard InChI is InChI=1S/C23H18N2O/c1-16-12-18(10-11-22(16)26-2)20-13-21-19(14-24-23(21)25-15-20)9-8-17-6-4-3-5-7-17/h3-7,10-15H,1-2H3,(H,24,25). The van der Waals surface area contributed by atoms with E-state index in [4.69, 9.17) is 4.74 Å². The Balaban J connectivity index is 1.75. The molecule has 26 heavy (non-hydrogen) atoms. The zero-order chi connectivity index (χ0) is 17.9. The highest BCUT2D eigenvalue weighted by Crippen LogP contribution is 2.28. The van der Waals surface area contributed by atoms with E-state index in [0.717, 1.165) is 44.6 Å². The van der Waals surface area contributed by atoms with Crippen molar-refractivity contribution in [2.75, 3.05) is 7.11 Å². The first-order valence-electron chi connectivity index (χ1n) is 8.44. The number of aromatic amines is 1. The highest BCUT2D eigenvalue weighted by atomic mass is 16.5. The van der Waals surface area contributed by atoms with Gasteiger partial charge in [-0.05, 0) is 48.4 Å². The lowest BCUT2D eigenvalue weighted by Gasteiger charge is -2.07. The third kappa shape index (κ3) is 3.05. The van der Waals surface area contributed by atoms with Crippen LogP contribution in [-0.4, -0.2) is 17.1 Å². The van der Waals surface area contributed by atoms with Crippen LogP contribution in [0.4, 0.5) is 0 Å². The summed E-state index contributed by atoms with van der Waals surface area (Å²) in [5.41, 5.74) is 6.06. The van der Waals surface area contributed by atoms with E-state index in [1.165, 1.54) is 0 Å². The van der Waals surface area contributed by atoms with Crippen molar-refractivity contribution in [2.45, 2.75) is 6.92 Å². The molecule has 2 aromatic carbocycles. The highest BCUT2D eigenvalue weighted by molar-refractivity contribution is 5.87. The van der Waals surface area contributed by atoms with Gasteiger partial charge in [0.25, 0.3) is 0 Å². The molecule has 2 aromatic heterocycles. The normalized spacial score (nSPS) is 10.4. The molecule has 0 fully saturated rings. The third-order valence-electron chi connectivity index (χ3n) is 4.37. The number of nitrogens with one attached hydrogen (secondary N) is 1. The molecule has 0 spiro atoms. The molecule has 0 aliphatic heterocycles. The SMILES string of the molecule is COc1ccc(-c2cnc3[nH]cc(C#Cc4ccccc4)c3c2)cc1C. The molecule has 0 unspecified atom stereocenters. The van der Waals surface area contributed by atoms with Crippen LogP contribution in [0.25, 0.3) is 22.2 Å². The smallest absolute Gasteiger partial charge is 0.138 e. The van der Waals surface area contributed by atoms with Gasteiger partial charge in [0.15, 0.2) is 0 Å². The molecule has 3 heteroatoms. The summed E-state index contributed by atoms with van der Waals surface area (Å²) < 4.78 is 5.35. The van der Waals surface area contributed by atoms with E-state index in [1.807, 2.05) is 55.7 Å². The molecule has 4 rings (SSSR count). The van der Waals surface area contributed by atoms with Gasteiger partial charge < -0.3 is 9.72 Å². The molecule has 0 radical (unpaired) electrons. The summed E-state index contributed by atoms with van der Waals surface area (Å²) in [5.74, 6) is 7.35. The molecule has 0 atom stereocenters. The highest BCUT2D eigenvalue weighted by Gasteiger charge is 2.07. The van der Waals surface area contributed by atoms with Crippen LogP contribution < -0.4 is 4.74 Å². The van der Waals surface area contributed by atoms with Gasteiger partial charge in [0.1, 0.15) is 11.4 Å². The van der Waals surface area contributed by atoms with E-state index in [-0.39, 0.29) is 0 Å². The second-order valence-corrected chi connectivity index (χ2v) is 6.12. The first kappa shape index (κ1) is 16.0. The van der Waals surface area contributed by atoms with Crippen molar-refractivity contribution >= 4 is 11.0 Å². The van der Waals surface area contributed by atoms with Gasteiger partial charge in [-0.2, -0.15) is 0 Å². The molecular weight excluding hydrogens is 320 g/mol. The van der Waals surface area contributed by atoms with Crippen LogP contribution in [0.15, 0.2) is 67.0 Å².